The first-order chi connectivity index (χ1) is 9.13. The zero-order valence-electron chi connectivity index (χ0n) is 11.1. The number of aryl methyl sites for hydroxylation is 2. The number of rotatable bonds is 5. The number of ketones is 1. The summed E-state index contributed by atoms with van der Waals surface area (Å²) in [5.74, 6) is 0.0291. The van der Waals surface area contributed by atoms with Gasteiger partial charge in [0.2, 0.25) is 0 Å². The summed E-state index contributed by atoms with van der Waals surface area (Å²) in [6.45, 7) is 4.84. The van der Waals surface area contributed by atoms with Gasteiger partial charge in [0.1, 0.15) is 5.15 Å². The molecule has 0 saturated carbocycles. The minimum atomic E-state index is 0.0291. The Morgan fingerprint density at radius 2 is 2.16 bits per heavy atom. The fraction of sp³-hybridized carbons (Fsp3) is 0.357. The molecule has 100 valence electrons. The lowest BCUT2D eigenvalue weighted by atomic mass is 10.1. The minimum absolute atomic E-state index is 0.0291. The van der Waals surface area contributed by atoms with Crippen LogP contribution in [0.1, 0.15) is 35.6 Å². The van der Waals surface area contributed by atoms with Gasteiger partial charge in [0, 0.05) is 24.0 Å². The number of halogens is 1. The van der Waals surface area contributed by atoms with E-state index >= 15 is 0 Å². The van der Waals surface area contributed by atoms with Crippen molar-refractivity contribution in [3.63, 3.8) is 0 Å². The number of carbonyl (C=O) groups is 1. The van der Waals surface area contributed by atoms with Crippen molar-refractivity contribution in [3.05, 3.63) is 46.5 Å². The molecule has 5 heteroatoms. The molecule has 0 aliphatic carbocycles. The van der Waals surface area contributed by atoms with E-state index in [0.717, 1.165) is 24.4 Å². The average Bonchev–Trinajstić information content (AvgIpc) is 2.81. The van der Waals surface area contributed by atoms with Gasteiger partial charge in [-0.3, -0.25) is 9.48 Å². The maximum Gasteiger partial charge on any atom is 0.170 e. The van der Waals surface area contributed by atoms with E-state index < -0.39 is 0 Å². The molecule has 0 atom stereocenters. The Balaban J connectivity index is 2.18. The Labute approximate surface area is 117 Å². The van der Waals surface area contributed by atoms with Gasteiger partial charge in [0.25, 0.3) is 0 Å². The monoisotopic (exact) mass is 277 g/mol. The Morgan fingerprint density at radius 1 is 1.37 bits per heavy atom. The lowest BCUT2D eigenvalue weighted by Crippen LogP contribution is -2.10. The molecule has 0 aliphatic heterocycles. The predicted molar refractivity (Wildman–Crippen MR) is 74.6 cm³/mol. The lowest BCUT2D eigenvalue weighted by Gasteiger charge is -2.04. The molecule has 0 aromatic carbocycles. The van der Waals surface area contributed by atoms with E-state index in [1.54, 1.807) is 12.1 Å². The first kappa shape index (κ1) is 13.7. The van der Waals surface area contributed by atoms with Gasteiger partial charge in [0.15, 0.2) is 5.78 Å². The molecule has 0 bridgehead atoms. The van der Waals surface area contributed by atoms with E-state index in [1.165, 1.54) is 6.20 Å². The van der Waals surface area contributed by atoms with Crippen molar-refractivity contribution in [2.24, 2.45) is 0 Å². The Bertz CT molecular complexity index is 575. The molecule has 0 saturated heterocycles. The third kappa shape index (κ3) is 3.20. The zero-order valence-corrected chi connectivity index (χ0v) is 11.8. The molecule has 2 rings (SSSR count). The van der Waals surface area contributed by atoms with E-state index in [9.17, 15) is 4.79 Å². The normalized spacial score (nSPS) is 10.7. The summed E-state index contributed by atoms with van der Waals surface area (Å²) in [7, 11) is 0. The molecular weight excluding hydrogens is 262 g/mol. The SMILES string of the molecule is CCc1cc(CC(=O)c2ccc(Cl)nc2)n(CC)n1. The molecule has 0 N–H and O–H groups in total. The van der Waals surface area contributed by atoms with Crippen LogP contribution >= 0.6 is 11.6 Å². The Hall–Kier alpha value is -1.68. The highest BCUT2D eigenvalue weighted by Gasteiger charge is 2.12. The largest absolute Gasteiger partial charge is 0.294 e. The van der Waals surface area contributed by atoms with Crippen molar-refractivity contribution in [2.75, 3.05) is 0 Å². The van der Waals surface area contributed by atoms with Crippen LogP contribution in [0.4, 0.5) is 0 Å². The van der Waals surface area contributed by atoms with Crippen molar-refractivity contribution in [3.8, 4) is 0 Å². The summed E-state index contributed by atoms with van der Waals surface area (Å²) in [4.78, 5) is 16.1. The van der Waals surface area contributed by atoms with Gasteiger partial charge >= 0.3 is 0 Å². The Kier molecular flexibility index (Phi) is 4.32. The van der Waals surface area contributed by atoms with E-state index in [4.69, 9.17) is 11.6 Å². The van der Waals surface area contributed by atoms with Crippen molar-refractivity contribution < 1.29 is 4.79 Å². The molecule has 19 heavy (non-hydrogen) atoms. The van der Waals surface area contributed by atoms with Crippen LogP contribution in [0.3, 0.4) is 0 Å². The van der Waals surface area contributed by atoms with Crippen molar-refractivity contribution in [1.29, 1.82) is 0 Å². The maximum atomic E-state index is 12.2. The van der Waals surface area contributed by atoms with Gasteiger partial charge in [-0.2, -0.15) is 5.10 Å². The van der Waals surface area contributed by atoms with Gasteiger partial charge in [-0.05, 0) is 31.5 Å². The molecule has 2 aromatic rings. The second kappa shape index (κ2) is 5.97. The second-order valence-corrected chi connectivity index (χ2v) is 4.65. The fourth-order valence-electron chi connectivity index (χ4n) is 1.91. The average molecular weight is 278 g/mol. The molecule has 2 aromatic heterocycles. The summed E-state index contributed by atoms with van der Waals surface area (Å²) < 4.78 is 1.88. The molecule has 0 amide bonds. The highest BCUT2D eigenvalue weighted by molar-refractivity contribution is 6.29. The molecule has 0 unspecified atom stereocenters. The number of hydrogen-bond acceptors (Lipinski definition) is 3. The topological polar surface area (TPSA) is 47.8 Å². The van der Waals surface area contributed by atoms with Crippen LogP contribution in [-0.2, 0) is 19.4 Å². The highest BCUT2D eigenvalue weighted by Crippen LogP contribution is 2.11. The van der Waals surface area contributed by atoms with Gasteiger partial charge in [-0.1, -0.05) is 18.5 Å². The van der Waals surface area contributed by atoms with Crippen LogP contribution in [0, 0.1) is 0 Å². The first-order valence-corrected chi connectivity index (χ1v) is 6.72. The van der Waals surface area contributed by atoms with Crippen LogP contribution in [0.25, 0.3) is 0 Å². The van der Waals surface area contributed by atoms with Crippen LogP contribution in [0.5, 0.6) is 0 Å². The van der Waals surface area contributed by atoms with E-state index in [2.05, 4.69) is 17.0 Å². The molecule has 0 fully saturated rings. The quantitative estimate of drug-likeness (QED) is 0.624. The summed E-state index contributed by atoms with van der Waals surface area (Å²) in [6.07, 6.45) is 2.72. The molecule has 2 heterocycles. The van der Waals surface area contributed by atoms with E-state index in [-0.39, 0.29) is 5.78 Å². The molecule has 0 radical (unpaired) electrons. The third-order valence-corrected chi connectivity index (χ3v) is 3.19. The highest BCUT2D eigenvalue weighted by atomic mass is 35.5. The molecule has 0 aliphatic rings. The standard InChI is InChI=1S/C14H16ClN3O/c1-3-11-7-12(18(4-2)17-11)8-13(19)10-5-6-14(15)16-9-10/h5-7,9H,3-4,8H2,1-2H3. The molecular formula is C14H16ClN3O. The van der Waals surface area contributed by atoms with Crippen LogP contribution in [-0.4, -0.2) is 20.5 Å². The van der Waals surface area contributed by atoms with Crippen molar-refractivity contribution in [1.82, 2.24) is 14.8 Å². The zero-order chi connectivity index (χ0) is 13.8. The van der Waals surface area contributed by atoms with E-state index in [1.807, 2.05) is 17.7 Å². The first-order valence-electron chi connectivity index (χ1n) is 6.34. The Morgan fingerprint density at radius 3 is 2.74 bits per heavy atom. The van der Waals surface area contributed by atoms with Gasteiger partial charge in [0.05, 0.1) is 12.1 Å². The summed E-state index contributed by atoms with van der Waals surface area (Å²) in [6, 6.07) is 5.32. The third-order valence-electron chi connectivity index (χ3n) is 2.97. The summed E-state index contributed by atoms with van der Waals surface area (Å²) >= 11 is 5.71. The van der Waals surface area contributed by atoms with E-state index in [0.29, 0.717) is 17.1 Å². The number of carbonyl (C=O) groups excluding carboxylic acids is 1. The predicted octanol–water partition coefficient (Wildman–Crippen LogP) is 2.94. The van der Waals surface area contributed by atoms with Crippen molar-refractivity contribution in [2.45, 2.75) is 33.2 Å². The van der Waals surface area contributed by atoms with Crippen LogP contribution in [0.15, 0.2) is 24.4 Å². The smallest absolute Gasteiger partial charge is 0.170 e. The number of Topliss-reactive ketones (excluding diaryl/α,β-unsaturated/α-hetero) is 1. The summed E-state index contributed by atoms with van der Waals surface area (Å²) in [5, 5.41) is 4.83. The lowest BCUT2D eigenvalue weighted by molar-refractivity contribution is 0.0990. The summed E-state index contributed by atoms with van der Waals surface area (Å²) in [5.41, 5.74) is 2.53. The van der Waals surface area contributed by atoms with Gasteiger partial charge in [-0.15, -0.1) is 0 Å². The minimum Gasteiger partial charge on any atom is -0.294 e. The fourth-order valence-corrected chi connectivity index (χ4v) is 2.02. The maximum absolute atomic E-state index is 12.2. The van der Waals surface area contributed by atoms with Crippen LogP contribution < -0.4 is 0 Å². The number of pyridine rings is 1. The number of hydrogen-bond donors (Lipinski definition) is 0. The van der Waals surface area contributed by atoms with Gasteiger partial charge < -0.3 is 0 Å². The van der Waals surface area contributed by atoms with Crippen molar-refractivity contribution >= 4 is 17.4 Å². The number of nitrogens with zero attached hydrogens (tertiary/aromatic N) is 3. The molecule has 4 nitrogen and oxygen atoms in total. The number of aromatic nitrogens is 3. The van der Waals surface area contributed by atoms with Crippen LogP contribution in [0.2, 0.25) is 5.15 Å². The second-order valence-electron chi connectivity index (χ2n) is 4.27. The molecule has 0 spiro atoms. The van der Waals surface area contributed by atoms with Gasteiger partial charge in [-0.25, -0.2) is 4.98 Å².